The number of Topliss-reactive ketones (excluding diaryl/α,β-unsaturated/α-hetero) is 1. The summed E-state index contributed by atoms with van der Waals surface area (Å²) in [5.41, 5.74) is 2.07. The van der Waals surface area contributed by atoms with Crippen LogP contribution >= 0.6 is 0 Å². The minimum atomic E-state index is -0.0909. The summed E-state index contributed by atoms with van der Waals surface area (Å²) in [6.45, 7) is 4.25. The van der Waals surface area contributed by atoms with E-state index in [9.17, 15) is 4.79 Å². The fourth-order valence-electron chi connectivity index (χ4n) is 2.66. The highest BCUT2D eigenvalue weighted by molar-refractivity contribution is 6.00. The van der Waals surface area contributed by atoms with Gasteiger partial charge in [0, 0.05) is 11.0 Å². The van der Waals surface area contributed by atoms with E-state index in [1.165, 1.54) is 18.4 Å². The van der Waals surface area contributed by atoms with Gasteiger partial charge in [-0.3, -0.25) is 4.79 Å². The first-order chi connectivity index (χ1) is 7.65. The molecule has 1 nitrogen and oxygen atoms in total. The van der Waals surface area contributed by atoms with Gasteiger partial charge in [-0.25, -0.2) is 0 Å². The molecule has 1 aromatic rings. The third-order valence-electron chi connectivity index (χ3n) is 3.85. The average Bonchev–Trinajstić information content (AvgIpc) is 2.76. The SMILES string of the molecule is CCc1cccc(C(=O)C2(C)CCCC2)c1. The molecule has 0 N–H and O–H groups in total. The summed E-state index contributed by atoms with van der Waals surface area (Å²) in [4.78, 5) is 12.4. The Labute approximate surface area is 97.9 Å². The molecular weight excluding hydrogens is 196 g/mol. The van der Waals surface area contributed by atoms with E-state index in [1.807, 2.05) is 12.1 Å². The molecule has 1 saturated carbocycles. The van der Waals surface area contributed by atoms with Gasteiger partial charge in [-0.1, -0.05) is 44.9 Å². The Morgan fingerprint density at radius 1 is 1.31 bits per heavy atom. The monoisotopic (exact) mass is 216 g/mol. The van der Waals surface area contributed by atoms with E-state index < -0.39 is 0 Å². The Bertz CT molecular complexity index is 386. The van der Waals surface area contributed by atoms with Gasteiger partial charge in [0.15, 0.2) is 5.78 Å². The quantitative estimate of drug-likeness (QED) is 0.698. The van der Waals surface area contributed by atoms with Crippen molar-refractivity contribution in [1.29, 1.82) is 0 Å². The van der Waals surface area contributed by atoms with Crippen LogP contribution in [0.3, 0.4) is 0 Å². The third-order valence-corrected chi connectivity index (χ3v) is 3.85. The summed E-state index contributed by atoms with van der Waals surface area (Å²) in [6, 6.07) is 8.12. The van der Waals surface area contributed by atoms with Crippen molar-refractivity contribution in [1.82, 2.24) is 0 Å². The molecule has 0 bridgehead atoms. The molecule has 1 aromatic carbocycles. The number of rotatable bonds is 3. The van der Waals surface area contributed by atoms with Gasteiger partial charge in [-0.2, -0.15) is 0 Å². The molecule has 0 atom stereocenters. The Kier molecular flexibility index (Phi) is 3.13. The van der Waals surface area contributed by atoms with Crippen LogP contribution in [0.1, 0.15) is 55.5 Å². The van der Waals surface area contributed by atoms with Crippen LogP contribution in [0.2, 0.25) is 0 Å². The molecule has 0 aliphatic heterocycles. The Morgan fingerprint density at radius 3 is 2.62 bits per heavy atom. The highest BCUT2D eigenvalue weighted by Gasteiger charge is 2.36. The molecule has 1 aliphatic carbocycles. The van der Waals surface area contributed by atoms with Crippen LogP contribution in [0.5, 0.6) is 0 Å². The lowest BCUT2D eigenvalue weighted by Gasteiger charge is -2.21. The molecule has 0 unspecified atom stereocenters. The van der Waals surface area contributed by atoms with Gasteiger partial charge in [0.25, 0.3) is 0 Å². The molecule has 86 valence electrons. The zero-order valence-electron chi connectivity index (χ0n) is 10.3. The Hall–Kier alpha value is -1.11. The first-order valence-electron chi connectivity index (χ1n) is 6.29. The number of carbonyl (C=O) groups excluding carboxylic acids is 1. The van der Waals surface area contributed by atoms with E-state index in [0.717, 1.165) is 24.8 Å². The van der Waals surface area contributed by atoms with Crippen molar-refractivity contribution in [2.24, 2.45) is 5.41 Å². The van der Waals surface area contributed by atoms with Crippen molar-refractivity contribution >= 4 is 5.78 Å². The summed E-state index contributed by atoms with van der Waals surface area (Å²) in [5.74, 6) is 0.348. The number of hydrogen-bond acceptors (Lipinski definition) is 1. The molecule has 0 spiro atoms. The van der Waals surface area contributed by atoms with Gasteiger partial charge in [-0.15, -0.1) is 0 Å². The molecule has 1 aliphatic rings. The molecule has 0 saturated heterocycles. The van der Waals surface area contributed by atoms with Crippen molar-refractivity contribution in [2.75, 3.05) is 0 Å². The standard InChI is InChI=1S/C15H20O/c1-3-12-7-6-8-13(11-12)14(16)15(2)9-4-5-10-15/h6-8,11H,3-5,9-10H2,1-2H3. The lowest BCUT2D eigenvalue weighted by molar-refractivity contribution is 0.0823. The minimum absolute atomic E-state index is 0.0909. The van der Waals surface area contributed by atoms with Gasteiger partial charge in [0.05, 0.1) is 0 Å². The van der Waals surface area contributed by atoms with Crippen LogP contribution in [0.15, 0.2) is 24.3 Å². The van der Waals surface area contributed by atoms with E-state index in [1.54, 1.807) is 0 Å². The zero-order chi connectivity index (χ0) is 11.6. The second kappa shape index (κ2) is 4.40. The maximum absolute atomic E-state index is 12.4. The molecule has 1 fully saturated rings. The number of benzene rings is 1. The lowest BCUT2D eigenvalue weighted by Crippen LogP contribution is -2.24. The predicted octanol–water partition coefficient (Wildman–Crippen LogP) is 4.01. The normalized spacial score (nSPS) is 18.6. The second-order valence-electron chi connectivity index (χ2n) is 5.15. The number of hydrogen-bond donors (Lipinski definition) is 0. The van der Waals surface area contributed by atoms with Crippen LogP contribution in [0, 0.1) is 5.41 Å². The summed E-state index contributed by atoms with van der Waals surface area (Å²) >= 11 is 0. The second-order valence-corrected chi connectivity index (χ2v) is 5.15. The maximum atomic E-state index is 12.4. The molecule has 0 amide bonds. The van der Waals surface area contributed by atoms with Crippen LogP contribution in [-0.4, -0.2) is 5.78 Å². The predicted molar refractivity (Wildman–Crippen MR) is 66.7 cm³/mol. The van der Waals surface area contributed by atoms with Gasteiger partial charge in [0.2, 0.25) is 0 Å². The van der Waals surface area contributed by atoms with Crippen molar-refractivity contribution in [3.63, 3.8) is 0 Å². The smallest absolute Gasteiger partial charge is 0.168 e. The van der Waals surface area contributed by atoms with Gasteiger partial charge < -0.3 is 0 Å². The minimum Gasteiger partial charge on any atom is -0.294 e. The van der Waals surface area contributed by atoms with Crippen molar-refractivity contribution in [3.05, 3.63) is 35.4 Å². The van der Waals surface area contributed by atoms with E-state index in [-0.39, 0.29) is 5.41 Å². The van der Waals surface area contributed by atoms with Gasteiger partial charge in [0.1, 0.15) is 0 Å². The average molecular weight is 216 g/mol. The van der Waals surface area contributed by atoms with Crippen LogP contribution in [0.4, 0.5) is 0 Å². The van der Waals surface area contributed by atoms with Crippen LogP contribution < -0.4 is 0 Å². The summed E-state index contributed by atoms with van der Waals surface area (Å²) in [7, 11) is 0. The summed E-state index contributed by atoms with van der Waals surface area (Å²) < 4.78 is 0. The lowest BCUT2D eigenvalue weighted by atomic mass is 9.80. The van der Waals surface area contributed by atoms with Crippen LogP contribution in [0.25, 0.3) is 0 Å². The summed E-state index contributed by atoms with van der Waals surface area (Å²) in [6.07, 6.45) is 5.52. The Morgan fingerprint density at radius 2 is 2.00 bits per heavy atom. The first kappa shape index (κ1) is 11.4. The van der Waals surface area contributed by atoms with Crippen molar-refractivity contribution < 1.29 is 4.79 Å². The fraction of sp³-hybridized carbons (Fsp3) is 0.533. The highest BCUT2D eigenvalue weighted by Crippen LogP contribution is 2.40. The molecule has 16 heavy (non-hydrogen) atoms. The Balaban J connectivity index is 2.26. The first-order valence-corrected chi connectivity index (χ1v) is 6.29. The maximum Gasteiger partial charge on any atom is 0.168 e. The molecule has 2 rings (SSSR count). The topological polar surface area (TPSA) is 17.1 Å². The van der Waals surface area contributed by atoms with Crippen molar-refractivity contribution in [2.45, 2.75) is 46.0 Å². The van der Waals surface area contributed by atoms with E-state index in [0.29, 0.717) is 5.78 Å². The number of ketones is 1. The number of aryl methyl sites for hydroxylation is 1. The highest BCUT2D eigenvalue weighted by atomic mass is 16.1. The largest absolute Gasteiger partial charge is 0.294 e. The van der Waals surface area contributed by atoms with E-state index in [2.05, 4.69) is 26.0 Å². The summed E-state index contributed by atoms with van der Waals surface area (Å²) in [5, 5.41) is 0. The fourth-order valence-corrected chi connectivity index (χ4v) is 2.66. The van der Waals surface area contributed by atoms with Gasteiger partial charge in [-0.05, 0) is 30.9 Å². The molecular formula is C15H20O. The van der Waals surface area contributed by atoms with Crippen LogP contribution in [-0.2, 0) is 6.42 Å². The van der Waals surface area contributed by atoms with Crippen molar-refractivity contribution in [3.8, 4) is 0 Å². The van der Waals surface area contributed by atoms with Gasteiger partial charge >= 0.3 is 0 Å². The molecule has 0 aromatic heterocycles. The number of carbonyl (C=O) groups is 1. The molecule has 1 heteroatoms. The zero-order valence-corrected chi connectivity index (χ0v) is 10.3. The molecule has 0 heterocycles. The molecule has 0 radical (unpaired) electrons. The third kappa shape index (κ3) is 2.04. The van der Waals surface area contributed by atoms with E-state index >= 15 is 0 Å². The van der Waals surface area contributed by atoms with E-state index in [4.69, 9.17) is 0 Å².